The Balaban J connectivity index is 1.93. The number of nitrogens with two attached hydrogens (primary N) is 1. The average molecular weight is 352 g/mol. The Morgan fingerprint density at radius 3 is 2.77 bits per heavy atom. The summed E-state index contributed by atoms with van der Waals surface area (Å²) in [5.74, 6) is -0.730. The SMILES string of the molecule is CC(C)n1nccc1-c1ncccc1COc1cccc(O)c1C(N)=O. The number of phenols is 1. The lowest BCUT2D eigenvalue weighted by Gasteiger charge is -2.15. The third-order valence-corrected chi connectivity index (χ3v) is 3.93. The number of aromatic nitrogens is 3. The van der Waals surface area contributed by atoms with Gasteiger partial charge in [0.05, 0.1) is 11.4 Å². The molecule has 0 saturated carbocycles. The van der Waals surface area contributed by atoms with Crippen LogP contribution in [0.15, 0.2) is 48.8 Å². The van der Waals surface area contributed by atoms with E-state index in [2.05, 4.69) is 10.1 Å². The van der Waals surface area contributed by atoms with E-state index in [-0.39, 0.29) is 29.7 Å². The minimum Gasteiger partial charge on any atom is -0.507 e. The van der Waals surface area contributed by atoms with Gasteiger partial charge in [-0.15, -0.1) is 0 Å². The molecule has 0 fully saturated rings. The van der Waals surface area contributed by atoms with Crippen molar-refractivity contribution >= 4 is 5.91 Å². The van der Waals surface area contributed by atoms with Crippen molar-refractivity contribution in [1.29, 1.82) is 0 Å². The molecule has 26 heavy (non-hydrogen) atoms. The summed E-state index contributed by atoms with van der Waals surface area (Å²) < 4.78 is 7.66. The van der Waals surface area contributed by atoms with Crippen LogP contribution in [0.5, 0.6) is 11.5 Å². The van der Waals surface area contributed by atoms with Gasteiger partial charge in [-0.1, -0.05) is 12.1 Å². The smallest absolute Gasteiger partial charge is 0.256 e. The van der Waals surface area contributed by atoms with Gasteiger partial charge in [-0.3, -0.25) is 14.5 Å². The predicted octanol–water partition coefficient (Wildman–Crippen LogP) is 2.91. The maximum absolute atomic E-state index is 11.6. The molecule has 0 spiro atoms. The summed E-state index contributed by atoms with van der Waals surface area (Å²) in [5.41, 5.74) is 7.76. The molecule has 3 rings (SSSR count). The summed E-state index contributed by atoms with van der Waals surface area (Å²) >= 11 is 0. The van der Waals surface area contributed by atoms with Crippen LogP contribution < -0.4 is 10.5 Å². The summed E-state index contributed by atoms with van der Waals surface area (Å²) in [6, 6.07) is 10.4. The van der Waals surface area contributed by atoms with Crippen LogP contribution in [0.3, 0.4) is 0 Å². The standard InChI is InChI=1S/C19H20N4O3/c1-12(2)23-14(8-10-22-23)18-13(5-4-9-21-18)11-26-16-7-3-6-15(24)17(16)19(20)25/h3-10,12,24H,11H2,1-2H3,(H2,20,25). The molecule has 3 N–H and O–H groups in total. The molecular weight excluding hydrogens is 332 g/mol. The Morgan fingerprint density at radius 2 is 2.04 bits per heavy atom. The van der Waals surface area contributed by atoms with Crippen molar-refractivity contribution in [3.05, 3.63) is 59.9 Å². The lowest BCUT2D eigenvalue weighted by molar-refractivity contribution is 0.0993. The molecule has 3 aromatic rings. The predicted molar refractivity (Wildman–Crippen MR) is 96.8 cm³/mol. The van der Waals surface area contributed by atoms with Gasteiger partial charge in [-0.25, -0.2) is 0 Å². The second-order valence-electron chi connectivity index (χ2n) is 6.07. The van der Waals surface area contributed by atoms with Crippen LogP contribution in [0.1, 0.15) is 35.8 Å². The van der Waals surface area contributed by atoms with Gasteiger partial charge in [0.25, 0.3) is 5.91 Å². The van der Waals surface area contributed by atoms with Gasteiger partial charge in [-0.05, 0) is 38.1 Å². The summed E-state index contributed by atoms with van der Waals surface area (Å²) in [7, 11) is 0. The number of pyridine rings is 1. The fourth-order valence-electron chi connectivity index (χ4n) is 2.74. The zero-order chi connectivity index (χ0) is 18.7. The Labute approximate surface area is 151 Å². The molecule has 7 heteroatoms. The van der Waals surface area contributed by atoms with Gasteiger partial charge in [0, 0.05) is 24.0 Å². The first-order valence-electron chi connectivity index (χ1n) is 8.21. The van der Waals surface area contributed by atoms with Crippen LogP contribution in [0.2, 0.25) is 0 Å². The first-order chi connectivity index (χ1) is 12.5. The van der Waals surface area contributed by atoms with Crippen molar-refractivity contribution in [3.63, 3.8) is 0 Å². The normalized spacial score (nSPS) is 10.9. The van der Waals surface area contributed by atoms with Crippen LogP contribution >= 0.6 is 0 Å². The highest BCUT2D eigenvalue weighted by Crippen LogP contribution is 2.29. The van der Waals surface area contributed by atoms with E-state index in [9.17, 15) is 9.90 Å². The fraction of sp³-hybridized carbons (Fsp3) is 0.211. The molecule has 0 saturated heterocycles. The molecule has 7 nitrogen and oxygen atoms in total. The number of nitrogens with zero attached hydrogens (tertiary/aromatic N) is 3. The molecule has 0 radical (unpaired) electrons. The van der Waals surface area contributed by atoms with Crippen molar-refractivity contribution in [3.8, 4) is 22.9 Å². The lowest BCUT2D eigenvalue weighted by atomic mass is 10.1. The quantitative estimate of drug-likeness (QED) is 0.710. The number of ether oxygens (including phenoxy) is 1. The monoisotopic (exact) mass is 352 g/mol. The third-order valence-electron chi connectivity index (χ3n) is 3.93. The van der Waals surface area contributed by atoms with Gasteiger partial charge in [0.15, 0.2) is 0 Å². The number of carbonyl (C=O) groups is 1. The first-order valence-corrected chi connectivity index (χ1v) is 8.21. The van der Waals surface area contributed by atoms with Gasteiger partial charge < -0.3 is 15.6 Å². The van der Waals surface area contributed by atoms with Gasteiger partial charge in [0.1, 0.15) is 23.7 Å². The van der Waals surface area contributed by atoms with Gasteiger partial charge in [0.2, 0.25) is 0 Å². The van der Waals surface area contributed by atoms with Crippen LogP contribution in [0.4, 0.5) is 0 Å². The van der Waals surface area contributed by atoms with Crippen molar-refractivity contribution < 1.29 is 14.6 Å². The van der Waals surface area contributed by atoms with Crippen LogP contribution in [-0.2, 0) is 6.61 Å². The Kier molecular flexibility index (Phi) is 4.88. The number of carbonyl (C=O) groups excluding carboxylic acids is 1. The maximum atomic E-state index is 11.6. The second kappa shape index (κ2) is 7.26. The van der Waals surface area contributed by atoms with E-state index in [1.165, 1.54) is 6.07 Å². The van der Waals surface area contributed by atoms with Gasteiger partial charge in [-0.2, -0.15) is 5.10 Å². The summed E-state index contributed by atoms with van der Waals surface area (Å²) in [6.07, 6.45) is 3.44. The van der Waals surface area contributed by atoms with E-state index >= 15 is 0 Å². The molecule has 1 aromatic carbocycles. The second-order valence-corrected chi connectivity index (χ2v) is 6.07. The summed E-state index contributed by atoms with van der Waals surface area (Å²) in [5, 5.41) is 14.2. The number of aromatic hydroxyl groups is 1. The number of benzene rings is 1. The number of rotatable bonds is 6. The van der Waals surface area contributed by atoms with Gasteiger partial charge >= 0.3 is 0 Å². The zero-order valence-electron chi connectivity index (χ0n) is 14.6. The minimum atomic E-state index is -0.748. The molecule has 134 valence electrons. The largest absolute Gasteiger partial charge is 0.507 e. The highest BCUT2D eigenvalue weighted by atomic mass is 16.5. The number of amides is 1. The number of hydrogen-bond donors (Lipinski definition) is 2. The minimum absolute atomic E-state index is 0.0369. The molecule has 2 aromatic heterocycles. The summed E-state index contributed by atoms with van der Waals surface area (Å²) in [6.45, 7) is 4.25. The highest BCUT2D eigenvalue weighted by Gasteiger charge is 2.17. The molecule has 1 amide bonds. The van der Waals surface area contributed by atoms with Crippen molar-refractivity contribution in [2.45, 2.75) is 26.5 Å². The highest BCUT2D eigenvalue weighted by molar-refractivity contribution is 5.98. The summed E-state index contributed by atoms with van der Waals surface area (Å²) in [4.78, 5) is 16.1. The molecule has 0 bridgehead atoms. The van der Waals surface area contributed by atoms with Crippen molar-refractivity contribution in [2.24, 2.45) is 5.73 Å². The van der Waals surface area contributed by atoms with Crippen LogP contribution in [0.25, 0.3) is 11.4 Å². The molecule has 0 aliphatic rings. The van der Waals surface area contributed by atoms with E-state index in [0.717, 1.165) is 17.0 Å². The first kappa shape index (κ1) is 17.5. The Hall–Kier alpha value is -3.35. The third kappa shape index (κ3) is 3.37. The number of primary amides is 1. The molecular formula is C19H20N4O3. The molecule has 2 heterocycles. The van der Waals surface area contributed by atoms with Crippen molar-refractivity contribution in [1.82, 2.24) is 14.8 Å². The van der Waals surface area contributed by atoms with E-state index in [0.29, 0.717) is 0 Å². The fourth-order valence-corrected chi connectivity index (χ4v) is 2.74. The van der Waals surface area contributed by atoms with E-state index in [4.69, 9.17) is 10.5 Å². The van der Waals surface area contributed by atoms with E-state index < -0.39 is 5.91 Å². The van der Waals surface area contributed by atoms with Crippen LogP contribution in [0, 0.1) is 0 Å². The van der Waals surface area contributed by atoms with Crippen molar-refractivity contribution in [2.75, 3.05) is 0 Å². The molecule has 0 atom stereocenters. The zero-order valence-corrected chi connectivity index (χ0v) is 14.6. The Bertz CT molecular complexity index is 934. The molecule has 0 aliphatic carbocycles. The number of hydrogen-bond acceptors (Lipinski definition) is 5. The lowest BCUT2D eigenvalue weighted by Crippen LogP contribution is -2.13. The van der Waals surface area contributed by atoms with E-state index in [1.54, 1.807) is 24.5 Å². The molecule has 0 unspecified atom stereocenters. The average Bonchev–Trinajstić information content (AvgIpc) is 3.09. The topological polar surface area (TPSA) is 103 Å². The maximum Gasteiger partial charge on any atom is 0.256 e. The van der Waals surface area contributed by atoms with E-state index in [1.807, 2.05) is 36.7 Å². The van der Waals surface area contributed by atoms with Crippen LogP contribution in [-0.4, -0.2) is 25.8 Å². The Morgan fingerprint density at radius 1 is 1.23 bits per heavy atom. The molecule has 0 aliphatic heterocycles.